The number of para-hydroxylation sites is 1. The van der Waals surface area contributed by atoms with Crippen LogP contribution in [0.15, 0.2) is 59.8 Å². The number of phenolic OH excluding ortho intramolecular Hbond substituents is 1. The van der Waals surface area contributed by atoms with Gasteiger partial charge in [0, 0.05) is 0 Å². The van der Waals surface area contributed by atoms with E-state index in [1.807, 2.05) is 18.3 Å². The standard InChI is InChI=1S/C24H25BrI2N5O5S/c1-14-22-24(37-31-14)36-10-8-19-15(5-4-9-32(19)38(22,34)35)12-28-21-11-18(16-6-2-3-7-20(16)33)30-23-17(25)13-29-26-27(21)23/h2-3,6-7,11,13,15,19,28,33H,4-5,8-10,12H2,1H3/q-1. The summed E-state index contributed by atoms with van der Waals surface area (Å²) in [5, 5.41) is 18.1. The fraction of sp³-hybridized carbons (Fsp3) is 0.375. The van der Waals surface area contributed by atoms with Crippen molar-refractivity contribution < 1.29 is 40.3 Å². The third kappa shape index (κ3) is 4.83. The molecule has 5 heterocycles. The fourth-order valence-electron chi connectivity index (χ4n) is 5.09. The Hall–Kier alpha value is -1.50. The van der Waals surface area contributed by atoms with E-state index in [-0.39, 0.29) is 28.6 Å². The summed E-state index contributed by atoms with van der Waals surface area (Å²) >= 11 is 1.39. The monoisotopic (exact) mass is 828 g/mol. The van der Waals surface area contributed by atoms with E-state index in [9.17, 15) is 13.5 Å². The Balaban J connectivity index is 1.28. The molecule has 1 fully saturated rings. The van der Waals surface area contributed by atoms with E-state index in [1.165, 1.54) is 0 Å². The molecule has 2 atom stereocenters. The topological polar surface area (TPSA) is 130 Å². The summed E-state index contributed by atoms with van der Waals surface area (Å²) in [4.78, 5) is 5.00. The van der Waals surface area contributed by atoms with Crippen LogP contribution in [0.1, 0.15) is 30.5 Å². The van der Waals surface area contributed by atoms with Crippen molar-refractivity contribution in [1.29, 1.82) is 0 Å². The molecule has 1 aromatic heterocycles. The molecule has 4 aliphatic rings. The maximum atomic E-state index is 13.7. The fourth-order valence-corrected chi connectivity index (χ4v) is 22.6. The molecule has 2 N–H and O–H groups in total. The van der Waals surface area contributed by atoms with Crippen molar-refractivity contribution in [3.63, 3.8) is 0 Å². The number of nitrogens with zero attached hydrogens (tertiary/aromatic N) is 4. The molecule has 6 rings (SSSR count). The van der Waals surface area contributed by atoms with Crippen LogP contribution in [0.4, 0.5) is 0 Å². The van der Waals surface area contributed by atoms with E-state index in [2.05, 4.69) is 35.7 Å². The summed E-state index contributed by atoms with van der Waals surface area (Å²) in [5.41, 5.74) is 1.72. The molecule has 14 heteroatoms. The predicted octanol–water partition coefficient (Wildman–Crippen LogP) is 1.25. The Kier molecular flexibility index (Phi) is 7.60. The molecule has 10 nitrogen and oxygen atoms in total. The summed E-state index contributed by atoms with van der Waals surface area (Å²) in [6.07, 6.45) is 6.19. The second-order valence-corrected chi connectivity index (χ2v) is 24.2. The molecule has 1 aromatic carbocycles. The third-order valence-corrected chi connectivity index (χ3v) is 23.9. The van der Waals surface area contributed by atoms with Gasteiger partial charge in [0.1, 0.15) is 0 Å². The van der Waals surface area contributed by atoms with Crippen molar-refractivity contribution in [2.24, 2.45) is 14.1 Å². The van der Waals surface area contributed by atoms with Crippen LogP contribution in [-0.4, -0.2) is 60.7 Å². The van der Waals surface area contributed by atoms with Gasteiger partial charge >= 0.3 is 245 Å². The second kappa shape index (κ2) is 10.8. The van der Waals surface area contributed by atoms with Crippen LogP contribution in [0.25, 0.3) is 0 Å². The first-order chi connectivity index (χ1) is 18.3. The number of rotatable bonds is 4. The van der Waals surface area contributed by atoms with Crippen molar-refractivity contribution in [2.75, 3.05) is 19.7 Å². The zero-order valence-electron chi connectivity index (χ0n) is 20.3. The summed E-state index contributed by atoms with van der Waals surface area (Å²) < 4.78 is 47.6. The van der Waals surface area contributed by atoms with Gasteiger partial charge in [-0.1, -0.05) is 0 Å². The molecule has 1 saturated heterocycles. The van der Waals surface area contributed by atoms with Gasteiger partial charge in [0.05, 0.1) is 0 Å². The molecule has 2 unspecified atom stereocenters. The average molecular weight is 829 g/mol. The predicted molar refractivity (Wildman–Crippen MR) is 151 cm³/mol. The van der Waals surface area contributed by atoms with Gasteiger partial charge in [-0.25, -0.2) is 0 Å². The molecule has 0 bridgehead atoms. The number of hydrogen-bond donors (Lipinski definition) is 2. The number of fused-ring (bicyclic) bond motifs is 3. The zero-order valence-corrected chi connectivity index (χ0v) is 27.0. The zero-order chi connectivity index (χ0) is 26.4. The van der Waals surface area contributed by atoms with Crippen LogP contribution in [0.3, 0.4) is 0 Å². The molecular formula is C24H25BrI2N5O5S-. The van der Waals surface area contributed by atoms with Crippen molar-refractivity contribution in [3.8, 4) is 11.7 Å². The number of aromatic hydroxyl groups is 1. The summed E-state index contributed by atoms with van der Waals surface area (Å²) in [7, 11) is -3.80. The minimum atomic E-state index is -3.80. The van der Waals surface area contributed by atoms with Gasteiger partial charge in [0.2, 0.25) is 0 Å². The van der Waals surface area contributed by atoms with Crippen LogP contribution in [0.2, 0.25) is 0 Å². The van der Waals surface area contributed by atoms with Gasteiger partial charge in [0.15, 0.2) is 0 Å². The molecule has 4 aliphatic heterocycles. The molecule has 2 aromatic rings. The molecule has 0 spiro atoms. The number of benzene rings is 1. The van der Waals surface area contributed by atoms with E-state index in [0.717, 1.165) is 24.7 Å². The normalized spacial score (nSPS) is 25.9. The van der Waals surface area contributed by atoms with Crippen LogP contribution < -0.4 is 27.6 Å². The van der Waals surface area contributed by atoms with Crippen molar-refractivity contribution in [2.45, 2.75) is 37.1 Å². The Morgan fingerprint density at radius 3 is 3.00 bits per heavy atom. The van der Waals surface area contributed by atoms with Gasteiger partial charge < -0.3 is 0 Å². The van der Waals surface area contributed by atoms with E-state index in [0.29, 0.717) is 43.1 Å². The molecule has 204 valence electrons. The van der Waals surface area contributed by atoms with Gasteiger partial charge in [0.25, 0.3) is 0 Å². The quantitative estimate of drug-likeness (QED) is 0.351. The Morgan fingerprint density at radius 2 is 2.16 bits per heavy atom. The summed E-state index contributed by atoms with van der Waals surface area (Å²) in [6.45, 7) is 3.10. The van der Waals surface area contributed by atoms with Crippen LogP contribution in [0, 0.1) is 12.8 Å². The number of aryl methyl sites for hydroxylation is 1. The molecule has 0 radical (unpaired) electrons. The first-order valence-electron chi connectivity index (χ1n) is 12.1. The number of hydrogen-bond acceptors (Lipinski definition) is 9. The summed E-state index contributed by atoms with van der Waals surface area (Å²) in [5.74, 6) is 0.282. The number of halogens is 3. The number of piperidine rings is 1. The van der Waals surface area contributed by atoms with Crippen LogP contribution in [-0.2, 0) is 10.0 Å². The Labute approximate surface area is 242 Å². The average Bonchev–Trinajstić information content (AvgIpc) is 3.28. The number of allylic oxidation sites excluding steroid dienone is 2. The first kappa shape index (κ1) is 26.7. The van der Waals surface area contributed by atoms with Crippen LogP contribution >= 0.6 is 31.8 Å². The number of nitrogens with one attached hydrogen (secondary N) is 1. The number of aliphatic imine (C=N–C) groups is 1. The Bertz CT molecular complexity index is 1510. The number of phenols is 1. The Morgan fingerprint density at radius 1 is 1.32 bits per heavy atom. The van der Waals surface area contributed by atoms with Gasteiger partial charge in [-0.05, 0) is 0 Å². The number of sulfonamides is 1. The second-order valence-electron chi connectivity index (χ2n) is 9.16. The number of ether oxygens (including phenoxy) is 1. The third-order valence-electron chi connectivity index (χ3n) is 6.85. The van der Waals surface area contributed by atoms with E-state index in [4.69, 9.17) is 14.3 Å². The molecule has 0 amide bonds. The summed E-state index contributed by atoms with van der Waals surface area (Å²) in [6, 6.07) is 7.02. The van der Waals surface area contributed by atoms with Gasteiger partial charge in [-0.3, -0.25) is 0 Å². The van der Waals surface area contributed by atoms with Gasteiger partial charge in [-0.15, -0.1) is 0 Å². The van der Waals surface area contributed by atoms with E-state index >= 15 is 0 Å². The van der Waals surface area contributed by atoms with Crippen molar-refractivity contribution >= 4 is 53.7 Å². The molecule has 38 heavy (non-hydrogen) atoms. The number of aromatic nitrogens is 1. The van der Waals surface area contributed by atoms with Gasteiger partial charge in [-0.2, -0.15) is 0 Å². The van der Waals surface area contributed by atoms with E-state index < -0.39 is 43.4 Å². The molecule has 0 saturated carbocycles. The first-order valence-corrected chi connectivity index (χ1v) is 23.7. The van der Waals surface area contributed by atoms with E-state index in [1.54, 1.807) is 23.4 Å². The molecule has 0 aliphatic carbocycles. The SMILES string of the molecule is Cc1noc2c1S(=O)(=O)N1CCCC(CNC3=CC(c4ccccc4O)=NC4=C(Br)C=N[I-]I34)C1CCO2. The minimum absolute atomic E-state index is 0.0111. The van der Waals surface area contributed by atoms with Crippen molar-refractivity contribution in [1.82, 2.24) is 14.8 Å². The maximum absolute atomic E-state index is 13.7. The van der Waals surface area contributed by atoms with Crippen molar-refractivity contribution in [3.05, 3.63) is 53.5 Å². The molecular weight excluding hydrogens is 804 g/mol. The van der Waals surface area contributed by atoms with Crippen LogP contribution in [0.5, 0.6) is 11.7 Å².